The minimum absolute atomic E-state index is 0.529. The zero-order chi connectivity index (χ0) is 11.5. The monoisotopic (exact) mass is 250 g/mol. The van der Waals surface area contributed by atoms with Gasteiger partial charge in [-0.25, -0.2) is 4.98 Å². The van der Waals surface area contributed by atoms with Crippen molar-refractivity contribution in [3.8, 4) is 12.3 Å². The Hall–Kier alpha value is -1.11. The van der Waals surface area contributed by atoms with Crippen molar-refractivity contribution >= 4 is 35.3 Å². The lowest BCUT2D eigenvalue weighted by molar-refractivity contribution is 0.786. The SMILES string of the molecule is C#CCn1c(CCS)nc2cc(Cl)ccc21. The van der Waals surface area contributed by atoms with Gasteiger partial charge in [0.25, 0.3) is 0 Å². The molecule has 0 aliphatic rings. The maximum Gasteiger partial charge on any atom is 0.111 e. The van der Waals surface area contributed by atoms with Crippen LogP contribution in [0.4, 0.5) is 0 Å². The first kappa shape index (κ1) is 11.4. The number of benzene rings is 1. The molecule has 2 nitrogen and oxygen atoms in total. The predicted octanol–water partition coefficient (Wildman–Crippen LogP) is 2.80. The molecule has 0 unspecified atom stereocenters. The standard InChI is InChI=1S/C12H11ClN2S/c1-2-6-15-11-4-3-9(13)8-10(11)14-12(15)5-7-16/h1,3-4,8,16H,5-7H2. The Balaban J connectivity index is 2.61. The van der Waals surface area contributed by atoms with E-state index in [9.17, 15) is 0 Å². The summed E-state index contributed by atoms with van der Waals surface area (Å²) in [4.78, 5) is 4.52. The number of nitrogens with zero attached hydrogens (tertiary/aromatic N) is 2. The van der Waals surface area contributed by atoms with Gasteiger partial charge in [-0.2, -0.15) is 12.6 Å². The van der Waals surface area contributed by atoms with Gasteiger partial charge >= 0.3 is 0 Å². The molecule has 0 aliphatic heterocycles. The van der Waals surface area contributed by atoms with Gasteiger partial charge in [-0.1, -0.05) is 17.5 Å². The number of terminal acetylenes is 1. The van der Waals surface area contributed by atoms with Gasteiger partial charge in [-0.15, -0.1) is 6.42 Å². The average Bonchev–Trinajstić information content (AvgIpc) is 2.57. The van der Waals surface area contributed by atoms with Crippen molar-refractivity contribution in [1.29, 1.82) is 0 Å². The van der Waals surface area contributed by atoms with Crippen LogP contribution < -0.4 is 0 Å². The minimum Gasteiger partial charge on any atom is -0.316 e. The van der Waals surface area contributed by atoms with E-state index in [2.05, 4.69) is 23.5 Å². The second-order valence-corrected chi connectivity index (χ2v) is 4.31. The molecule has 0 N–H and O–H groups in total. The molecular formula is C12H11ClN2S. The molecule has 0 bridgehead atoms. The molecule has 0 saturated heterocycles. The van der Waals surface area contributed by atoms with Crippen LogP contribution in [0.5, 0.6) is 0 Å². The van der Waals surface area contributed by atoms with Crippen LogP contribution in [0.15, 0.2) is 18.2 Å². The van der Waals surface area contributed by atoms with Crippen molar-refractivity contribution in [2.45, 2.75) is 13.0 Å². The summed E-state index contributed by atoms with van der Waals surface area (Å²) < 4.78 is 2.03. The fourth-order valence-electron chi connectivity index (χ4n) is 1.71. The third-order valence-electron chi connectivity index (χ3n) is 2.37. The highest BCUT2D eigenvalue weighted by molar-refractivity contribution is 7.80. The highest BCUT2D eigenvalue weighted by Gasteiger charge is 2.09. The van der Waals surface area contributed by atoms with E-state index in [0.29, 0.717) is 11.6 Å². The summed E-state index contributed by atoms with van der Waals surface area (Å²) in [6, 6.07) is 5.65. The van der Waals surface area contributed by atoms with Crippen molar-refractivity contribution in [3.63, 3.8) is 0 Å². The summed E-state index contributed by atoms with van der Waals surface area (Å²) in [7, 11) is 0. The minimum atomic E-state index is 0.529. The molecule has 0 saturated carbocycles. The molecule has 0 spiro atoms. The number of fused-ring (bicyclic) bond motifs is 1. The van der Waals surface area contributed by atoms with E-state index in [1.165, 1.54) is 0 Å². The van der Waals surface area contributed by atoms with Crippen LogP contribution in [0.1, 0.15) is 5.82 Å². The number of halogens is 1. The summed E-state index contributed by atoms with van der Waals surface area (Å²) in [6.07, 6.45) is 6.16. The van der Waals surface area contributed by atoms with Gasteiger partial charge in [0.1, 0.15) is 5.82 Å². The Morgan fingerprint density at radius 2 is 2.31 bits per heavy atom. The highest BCUT2D eigenvalue weighted by atomic mass is 35.5. The summed E-state index contributed by atoms with van der Waals surface area (Å²) in [6.45, 7) is 0.529. The zero-order valence-corrected chi connectivity index (χ0v) is 10.3. The Kier molecular flexibility index (Phi) is 3.42. The van der Waals surface area contributed by atoms with Gasteiger partial charge in [-0.3, -0.25) is 0 Å². The highest BCUT2D eigenvalue weighted by Crippen LogP contribution is 2.20. The Labute approximate surface area is 105 Å². The first-order chi connectivity index (χ1) is 7.76. The Bertz CT molecular complexity index is 554. The summed E-state index contributed by atoms with van der Waals surface area (Å²) in [5.74, 6) is 4.36. The molecule has 16 heavy (non-hydrogen) atoms. The van der Waals surface area contributed by atoms with E-state index < -0.39 is 0 Å². The largest absolute Gasteiger partial charge is 0.316 e. The lowest BCUT2D eigenvalue weighted by Gasteiger charge is -2.03. The van der Waals surface area contributed by atoms with Crippen LogP contribution >= 0.6 is 24.2 Å². The number of aryl methyl sites for hydroxylation is 1. The van der Waals surface area contributed by atoms with Crippen molar-refractivity contribution in [2.24, 2.45) is 0 Å². The van der Waals surface area contributed by atoms with Crippen LogP contribution in [0.3, 0.4) is 0 Å². The van der Waals surface area contributed by atoms with E-state index in [4.69, 9.17) is 18.0 Å². The van der Waals surface area contributed by atoms with Crippen LogP contribution in [0.25, 0.3) is 11.0 Å². The fourth-order valence-corrected chi connectivity index (χ4v) is 2.08. The predicted molar refractivity (Wildman–Crippen MR) is 71.1 cm³/mol. The second kappa shape index (κ2) is 4.82. The lowest BCUT2D eigenvalue weighted by Crippen LogP contribution is -2.03. The first-order valence-corrected chi connectivity index (χ1v) is 5.96. The molecule has 0 amide bonds. The molecule has 0 aliphatic carbocycles. The first-order valence-electron chi connectivity index (χ1n) is 4.95. The van der Waals surface area contributed by atoms with Gasteiger partial charge in [-0.05, 0) is 24.0 Å². The van der Waals surface area contributed by atoms with Crippen molar-refractivity contribution in [3.05, 3.63) is 29.0 Å². The maximum atomic E-state index is 5.93. The molecule has 82 valence electrons. The molecule has 1 aromatic carbocycles. The van der Waals surface area contributed by atoms with Crippen molar-refractivity contribution in [1.82, 2.24) is 9.55 Å². The fraction of sp³-hybridized carbons (Fsp3) is 0.250. The van der Waals surface area contributed by atoms with Gasteiger partial charge in [0.05, 0.1) is 17.6 Å². The molecule has 2 rings (SSSR count). The van der Waals surface area contributed by atoms with Crippen LogP contribution in [0, 0.1) is 12.3 Å². The van der Waals surface area contributed by atoms with Crippen LogP contribution in [0.2, 0.25) is 5.02 Å². The smallest absolute Gasteiger partial charge is 0.111 e. The van der Waals surface area contributed by atoms with Gasteiger partial charge in [0.15, 0.2) is 0 Å². The quantitative estimate of drug-likeness (QED) is 0.655. The van der Waals surface area contributed by atoms with Gasteiger partial charge in [0, 0.05) is 11.4 Å². The number of hydrogen-bond acceptors (Lipinski definition) is 2. The third kappa shape index (κ3) is 2.04. The van der Waals surface area contributed by atoms with Crippen LogP contribution in [-0.4, -0.2) is 15.3 Å². The van der Waals surface area contributed by atoms with Gasteiger partial charge in [0.2, 0.25) is 0 Å². The summed E-state index contributed by atoms with van der Waals surface area (Å²) in [5, 5.41) is 0.690. The van der Waals surface area contributed by atoms with E-state index in [1.807, 2.05) is 22.8 Å². The number of aromatic nitrogens is 2. The maximum absolute atomic E-state index is 5.93. The molecule has 0 fully saturated rings. The Morgan fingerprint density at radius 1 is 1.50 bits per heavy atom. The van der Waals surface area contributed by atoms with E-state index in [0.717, 1.165) is 29.0 Å². The number of hydrogen-bond donors (Lipinski definition) is 1. The summed E-state index contributed by atoms with van der Waals surface area (Å²) >= 11 is 10.1. The number of imidazole rings is 1. The van der Waals surface area contributed by atoms with Crippen molar-refractivity contribution in [2.75, 3.05) is 5.75 Å². The summed E-state index contributed by atoms with van der Waals surface area (Å²) in [5.41, 5.74) is 1.92. The average molecular weight is 251 g/mol. The van der Waals surface area contributed by atoms with E-state index in [-0.39, 0.29) is 0 Å². The molecular weight excluding hydrogens is 240 g/mol. The molecule has 1 heterocycles. The lowest BCUT2D eigenvalue weighted by atomic mass is 10.3. The van der Waals surface area contributed by atoms with E-state index >= 15 is 0 Å². The Morgan fingerprint density at radius 3 is 3.00 bits per heavy atom. The molecule has 4 heteroatoms. The number of rotatable bonds is 3. The third-order valence-corrected chi connectivity index (χ3v) is 2.83. The van der Waals surface area contributed by atoms with Gasteiger partial charge < -0.3 is 4.57 Å². The molecule has 0 atom stereocenters. The molecule has 2 aromatic rings. The normalized spacial score (nSPS) is 10.6. The topological polar surface area (TPSA) is 17.8 Å². The van der Waals surface area contributed by atoms with E-state index in [1.54, 1.807) is 0 Å². The number of thiol groups is 1. The van der Waals surface area contributed by atoms with Crippen LogP contribution in [-0.2, 0) is 13.0 Å². The zero-order valence-electron chi connectivity index (χ0n) is 8.65. The second-order valence-electron chi connectivity index (χ2n) is 3.42. The van der Waals surface area contributed by atoms with Crippen molar-refractivity contribution < 1.29 is 0 Å². The molecule has 0 radical (unpaired) electrons. The molecule has 1 aromatic heterocycles.